The van der Waals surface area contributed by atoms with Crippen LogP contribution in [0.4, 0.5) is 0 Å². The largest absolute Gasteiger partial charge is 0.489 e. The van der Waals surface area contributed by atoms with Gasteiger partial charge in [0.2, 0.25) is 11.8 Å². The summed E-state index contributed by atoms with van der Waals surface area (Å²) in [5.41, 5.74) is 8.84. The molecule has 5 aromatic rings. The number of primary amides is 1. The van der Waals surface area contributed by atoms with Crippen molar-refractivity contribution >= 4 is 39.9 Å². The molecule has 40 heavy (non-hydrogen) atoms. The van der Waals surface area contributed by atoms with Crippen LogP contribution in [0.3, 0.4) is 0 Å². The molecule has 1 amide bonds. The van der Waals surface area contributed by atoms with Crippen molar-refractivity contribution in [2.75, 3.05) is 13.1 Å². The number of thiophene rings is 1. The molecule has 1 saturated heterocycles. The summed E-state index contributed by atoms with van der Waals surface area (Å²) in [6.45, 7) is 5.46. The maximum absolute atomic E-state index is 12.4. The van der Waals surface area contributed by atoms with Crippen LogP contribution in [0.1, 0.15) is 47.0 Å². The van der Waals surface area contributed by atoms with Gasteiger partial charge in [-0.25, -0.2) is 4.98 Å². The van der Waals surface area contributed by atoms with E-state index in [1.165, 1.54) is 11.3 Å². The minimum atomic E-state index is -0.578. The van der Waals surface area contributed by atoms with E-state index in [4.69, 9.17) is 31.2 Å². The Morgan fingerprint density at radius 3 is 2.77 bits per heavy atom. The highest BCUT2D eigenvalue weighted by Gasteiger charge is 2.23. The van der Waals surface area contributed by atoms with Crippen LogP contribution in [-0.2, 0) is 0 Å². The number of hydrogen-bond acceptors (Lipinski definition) is 9. The van der Waals surface area contributed by atoms with Gasteiger partial charge in [-0.3, -0.25) is 9.36 Å². The number of piperidine rings is 1. The van der Waals surface area contributed by atoms with E-state index in [0.29, 0.717) is 33.2 Å². The van der Waals surface area contributed by atoms with Gasteiger partial charge in [0, 0.05) is 24.1 Å². The lowest BCUT2D eigenvalue weighted by atomic mass is 10.1. The first-order valence-corrected chi connectivity index (χ1v) is 14.1. The molecule has 2 aromatic carbocycles. The fourth-order valence-electron chi connectivity index (χ4n) is 4.75. The number of aryl methyl sites for hydroxylation is 1. The second-order valence-corrected chi connectivity index (χ2v) is 11.0. The molecule has 1 fully saturated rings. The Kier molecular flexibility index (Phi) is 7.18. The zero-order valence-electron chi connectivity index (χ0n) is 21.9. The van der Waals surface area contributed by atoms with Gasteiger partial charge >= 0.3 is 0 Å². The van der Waals surface area contributed by atoms with E-state index in [-0.39, 0.29) is 6.10 Å². The third-order valence-electron chi connectivity index (χ3n) is 6.78. The fraction of sp³-hybridized carbons (Fsp3) is 0.286. The van der Waals surface area contributed by atoms with Gasteiger partial charge in [-0.15, -0.1) is 21.5 Å². The minimum absolute atomic E-state index is 0.114. The van der Waals surface area contributed by atoms with Crippen molar-refractivity contribution in [2.45, 2.75) is 38.9 Å². The van der Waals surface area contributed by atoms with Crippen LogP contribution in [0.15, 0.2) is 53.2 Å². The fourth-order valence-corrected chi connectivity index (χ4v) is 6.01. The third-order valence-corrected chi connectivity index (χ3v) is 8.32. The van der Waals surface area contributed by atoms with Crippen LogP contribution in [-0.4, -0.2) is 44.8 Å². The number of amides is 1. The number of carbonyl (C=O) groups is 1. The average molecular weight is 579 g/mol. The molecule has 3 N–H and O–H groups in total. The molecule has 1 unspecified atom stereocenters. The van der Waals surface area contributed by atoms with Crippen molar-refractivity contribution in [2.24, 2.45) is 5.73 Å². The van der Waals surface area contributed by atoms with Crippen LogP contribution in [0.5, 0.6) is 11.5 Å². The summed E-state index contributed by atoms with van der Waals surface area (Å²) in [7, 11) is 0. The van der Waals surface area contributed by atoms with Crippen molar-refractivity contribution in [3.63, 3.8) is 0 Å². The Balaban J connectivity index is 1.27. The molecule has 0 bridgehead atoms. The van der Waals surface area contributed by atoms with E-state index in [0.717, 1.165) is 53.1 Å². The zero-order valence-corrected chi connectivity index (χ0v) is 23.5. The second kappa shape index (κ2) is 10.9. The molecule has 6 rings (SSSR count). The number of nitrogens with zero attached hydrogens (tertiary/aromatic N) is 4. The minimum Gasteiger partial charge on any atom is -0.489 e. The van der Waals surface area contributed by atoms with Gasteiger partial charge in [-0.05, 0) is 57.1 Å². The molecule has 0 saturated carbocycles. The number of nitrogens with one attached hydrogen (secondary N) is 1. The summed E-state index contributed by atoms with van der Waals surface area (Å²) < 4.78 is 19.9. The quantitative estimate of drug-likeness (QED) is 0.248. The summed E-state index contributed by atoms with van der Waals surface area (Å²) in [6, 6.07) is 13.1. The van der Waals surface area contributed by atoms with Crippen LogP contribution in [0.25, 0.3) is 27.5 Å². The van der Waals surface area contributed by atoms with E-state index < -0.39 is 12.0 Å². The molecule has 4 heterocycles. The predicted molar refractivity (Wildman–Crippen MR) is 153 cm³/mol. The summed E-state index contributed by atoms with van der Waals surface area (Å²) in [5, 5.41) is 12.5. The van der Waals surface area contributed by atoms with E-state index in [1.54, 1.807) is 19.3 Å². The normalized spacial score (nSPS) is 14.9. The highest BCUT2D eigenvalue weighted by atomic mass is 35.5. The highest BCUT2D eigenvalue weighted by molar-refractivity contribution is 7.16. The topological polar surface area (TPSA) is 130 Å². The lowest BCUT2D eigenvalue weighted by Crippen LogP contribution is -2.34. The summed E-state index contributed by atoms with van der Waals surface area (Å²) in [4.78, 5) is 17.2. The number of halogens is 1. The van der Waals surface area contributed by atoms with Crippen LogP contribution in [0.2, 0.25) is 5.02 Å². The molecule has 1 aliphatic heterocycles. The Morgan fingerprint density at radius 1 is 1.20 bits per heavy atom. The first-order chi connectivity index (χ1) is 19.4. The number of benzene rings is 2. The molecule has 1 atom stereocenters. The Bertz CT molecular complexity index is 1690. The van der Waals surface area contributed by atoms with Gasteiger partial charge in [0.25, 0.3) is 5.91 Å². The standard InChI is InChI=1S/C28H27ClN6O4S/c1-15(19-4-3-5-22(25(19)29)39-18-8-10-31-11-9-18)37-23-13-24(40-26(23)27(30)36)35-14-32-20-12-17(6-7-21(20)35)28-34-33-16(2)38-28/h3-7,12-15,18,31H,8-11H2,1-2H3,(H2,30,36). The number of fused-ring (bicyclic) bond motifs is 1. The maximum Gasteiger partial charge on any atom is 0.262 e. The first kappa shape index (κ1) is 26.3. The molecule has 206 valence electrons. The van der Waals surface area contributed by atoms with Crippen molar-refractivity contribution in [1.82, 2.24) is 25.1 Å². The van der Waals surface area contributed by atoms with Gasteiger partial charge in [-0.2, -0.15) is 0 Å². The number of nitrogens with two attached hydrogens (primary N) is 1. The SMILES string of the molecule is Cc1nnc(-c2ccc3c(c2)ncn3-c2cc(OC(C)c3cccc(OC4CCNCC4)c3Cl)c(C(N)=O)s2)o1. The smallest absolute Gasteiger partial charge is 0.262 e. The number of carbonyl (C=O) groups excluding carboxylic acids is 1. The van der Waals surface area contributed by atoms with Gasteiger partial charge in [-0.1, -0.05) is 23.7 Å². The predicted octanol–water partition coefficient (Wildman–Crippen LogP) is 5.47. The molecular formula is C28H27ClN6O4S. The second-order valence-electron chi connectivity index (χ2n) is 9.57. The third kappa shape index (κ3) is 5.15. The van der Waals surface area contributed by atoms with Crippen LogP contribution >= 0.6 is 22.9 Å². The Hall–Kier alpha value is -3.93. The van der Waals surface area contributed by atoms with Crippen molar-refractivity contribution in [3.8, 4) is 28.0 Å². The average Bonchev–Trinajstić information content (AvgIpc) is 3.68. The van der Waals surface area contributed by atoms with Gasteiger partial charge < -0.3 is 24.9 Å². The molecule has 0 aliphatic carbocycles. The molecule has 10 nitrogen and oxygen atoms in total. The van der Waals surface area contributed by atoms with Gasteiger partial charge in [0.05, 0.1) is 16.1 Å². The van der Waals surface area contributed by atoms with E-state index >= 15 is 0 Å². The number of rotatable bonds is 8. The number of hydrogen-bond donors (Lipinski definition) is 2. The number of aromatic nitrogens is 4. The maximum atomic E-state index is 12.4. The van der Waals surface area contributed by atoms with Gasteiger partial charge in [0.15, 0.2) is 0 Å². The van der Waals surface area contributed by atoms with Crippen LogP contribution < -0.4 is 20.5 Å². The molecule has 1 aliphatic rings. The Labute approximate surface area is 239 Å². The molecule has 12 heteroatoms. The summed E-state index contributed by atoms with van der Waals surface area (Å²) >= 11 is 8.00. The van der Waals surface area contributed by atoms with E-state index in [1.807, 2.05) is 47.9 Å². The van der Waals surface area contributed by atoms with Crippen LogP contribution in [0, 0.1) is 6.92 Å². The lowest BCUT2D eigenvalue weighted by Gasteiger charge is -2.25. The van der Waals surface area contributed by atoms with Crippen molar-refractivity contribution < 1.29 is 18.7 Å². The zero-order chi connectivity index (χ0) is 27.8. The highest BCUT2D eigenvalue weighted by Crippen LogP contribution is 2.39. The van der Waals surface area contributed by atoms with Gasteiger partial charge in [0.1, 0.15) is 39.9 Å². The molecular weight excluding hydrogens is 552 g/mol. The van der Waals surface area contributed by atoms with Crippen molar-refractivity contribution in [3.05, 3.63) is 70.1 Å². The molecule has 3 aromatic heterocycles. The number of imidazole rings is 1. The summed E-state index contributed by atoms with van der Waals surface area (Å²) in [6.07, 6.45) is 3.18. The first-order valence-electron chi connectivity index (χ1n) is 12.9. The van der Waals surface area contributed by atoms with Crippen molar-refractivity contribution in [1.29, 1.82) is 0 Å². The summed E-state index contributed by atoms with van der Waals surface area (Å²) in [5.74, 6) is 1.34. The molecule has 0 radical (unpaired) electrons. The lowest BCUT2D eigenvalue weighted by molar-refractivity contribution is 0.0998. The van der Waals surface area contributed by atoms with E-state index in [2.05, 4.69) is 20.5 Å². The Morgan fingerprint density at radius 2 is 2.02 bits per heavy atom. The van der Waals surface area contributed by atoms with E-state index in [9.17, 15) is 4.79 Å². The number of ether oxygens (including phenoxy) is 2. The monoisotopic (exact) mass is 578 g/mol. The molecule has 0 spiro atoms.